The van der Waals surface area contributed by atoms with E-state index in [2.05, 4.69) is 0 Å². The van der Waals surface area contributed by atoms with Crippen LogP contribution in [-0.4, -0.2) is 39.6 Å². The standard InChI is InChI=1S/C19H23NO4S/c1-14(16-8-10-18(11-9-16)25(4,22)23)20(2)19(21)13-15-6-5-7-17(12-15)24-3/h5-12,14H,13H2,1-4H3/t14-/m1/s1. The number of likely N-dealkylation sites (N-methyl/N-ethyl adjacent to an activating group) is 1. The van der Waals surface area contributed by atoms with Crippen molar-refractivity contribution in [2.45, 2.75) is 24.3 Å². The van der Waals surface area contributed by atoms with Gasteiger partial charge in [-0.2, -0.15) is 0 Å². The van der Waals surface area contributed by atoms with Crippen molar-refractivity contribution in [1.29, 1.82) is 0 Å². The van der Waals surface area contributed by atoms with Gasteiger partial charge in [-0.1, -0.05) is 24.3 Å². The van der Waals surface area contributed by atoms with Crippen LogP contribution in [0.2, 0.25) is 0 Å². The SMILES string of the molecule is COc1cccc(CC(=O)N(C)[C@H](C)c2ccc(S(C)(=O)=O)cc2)c1. The Kier molecular flexibility index (Phi) is 5.85. The second-order valence-electron chi connectivity index (χ2n) is 6.05. The van der Waals surface area contributed by atoms with E-state index in [1.807, 2.05) is 31.2 Å². The highest BCUT2D eigenvalue weighted by Gasteiger charge is 2.18. The average Bonchev–Trinajstić information content (AvgIpc) is 2.60. The molecular formula is C19H23NO4S. The fourth-order valence-corrected chi connectivity index (χ4v) is 3.15. The molecule has 0 aliphatic carbocycles. The highest BCUT2D eigenvalue weighted by molar-refractivity contribution is 7.90. The lowest BCUT2D eigenvalue weighted by Crippen LogP contribution is -2.31. The Balaban J connectivity index is 2.10. The topological polar surface area (TPSA) is 63.7 Å². The lowest BCUT2D eigenvalue weighted by Gasteiger charge is -2.25. The quantitative estimate of drug-likeness (QED) is 0.794. The van der Waals surface area contributed by atoms with Crippen LogP contribution < -0.4 is 4.74 Å². The van der Waals surface area contributed by atoms with Crippen LogP contribution in [-0.2, 0) is 21.1 Å². The molecule has 0 heterocycles. The first-order valence-corrected chi connectivity index (χ1v) is 9.80. The Hall–Kier alpha value is -2.34. The molecule has 0 N–H and O–H groups in total. The molecule has 25 heavy (non-hydrogen) atoms. The molecule has 0 radical (unpaired) electrons. The Morgan fingerprint density at radius 3 is 2.36 bits per heavy atom. The summed E-state index contributed by atoms with van der Waals surface area (Å²) in [6, 6.07) is 13.9. The molecule has 1 atom stereocenters. The highest BCUT2D eigenvalue weighted by atomic mass is 32.2. The number of hydrogen-bond acceptors (Lipinski definition) is 4. The molecule has 0 bridgehead atoms. The Labute approximate surface area is 149 Å². The van der Waals surface area contributed by atoms with Crippen LogP contribution in [0.1, 0.15) is 24.1 Å². The van der Waals surface area contributed by atoms with Crippen molar-refractivity contribution in [2.24, 2.45) is 0 Å². The van der Waals surface area contributed by atoms with Crippen molar-refractivity contribution >= 4 is 15.7 Å². The van der Waals surface area contributed by atoms with Gasteiger partial charge in [-0.05, 0) is 42.3 Å². The van der Waals surface area contributed by atoms with Gasteiger partial charge in [0.1, 0.15) is 5.75 Å². The highest BCUT2D eigenvalue weighted by Crippen LogP contribution is 2.22. The minimum Gasteiger partial charge on any atom is -0.497 e. The Morgan fingerprint density at radius 2 is 1.80 bits per heavy atom. The van der Waals surface area contributed by atoms with E-state index in [4.69, 9.17) is 4.74 Å². The van der Waals surface area contributed by atoms with Crippen molar-refractivity contribution in [3.8, 4) is 5.75 Å². The zero-order chi connectivity index (χ0) is 18.6. The summed E-state index contributed by atoms with van der Waals surface area (Å²) >= 11 is 0. The summed E-state index contributed by atoms with van der Waals surface area (Å²) in [5.74, 6) is 0.699. The van der Waals surface area contributed by atoms with Gasteiger partial charge >= 0.3 is 0 Å². The molecule has 0 aromatic heterocycles. The fourth-order valence-electron chi connectivity index (χ4n) is 2.51. The van der Waals surface area contributed by atoms with Crippen LogP contribution in [0.5, 0.6) is 5.75 Å². The third-order valence-electron chi connectivity index (χ3n) is 4.25. The summed E-state index contributed by atoms with van der Waals surface area (Å²) in [4.78, 5) is 14.5. The second kappa shape index (κ2) is 7.70. The third kappa shape index (κ3) is 4.82. The van der Waals surface area contributed by atoms with Gasteiger partial charge in [0, 0.05) is 13.3 Å². The number of methoxy groups -OCH3 is 1. The number of hydrogen-bond donors (Lipinski definition) is 0. The van der Waals surface area contributed by atoms with Gasteiger partial charge in [0.25, 0.3) is 0 Å². The summed E-state index contributed by atoms with van der Waals surface area (Å²) < 4.78 is 28.3. The van der Waals surface area contributed by atoms with Gasteiger partial charge in [-0.25, -0.2) is 8.42 Å². The number of sulfone groups is 1. The number of ether oxygens (including phenoxy) is 1. The van der Waals surface area contributed by atoms with E-state index in [1.165, 1.54) is 6.26 Å². The monoisotopic (exact) mass is 361 g/mol. The maximum atomic E-state index is 12.5. The van der Waals surface area contributed by atoms with Crippen LogP contribution in [0.4, 0.5) is 0 Å². The van der Waals surface area contributed by atoms with Crippen LogP contribution in [0.25, 0.3) is 0 Å². The van der Waals surface area contributed by atoms with Crippen molar-refractivity contribution in [1.82, 2.24) is 4.90 Å². The van der Waals surface area contributed by atoms with Crippen molar-refractivity contribution < 1.29 is 17.9 Å². The van der Waals surface area contributed by atoms with Crippen molar-refractivity contribution in [3.63, 3.8) is 0 Å². The fraction of sp³-hybridized carbons (Fsp3) is 0.316. The summed E-state index contributed by atoms with van der Waals surface area (Å²) in [5, 5.41) is 0. The molecule has 1 amide bonds. The van der Waals surface area contributed by atoms with E-state index in [0.717, 1.165) is 16.9 Å². The summed E-state index contributed by atoms with van der Waals surface area (Å²) in [5.41, 5.74) is 1.77. The average molecular weight is 361 g/mol. The predicted octanol–water partition coefficient (Wildman–Crippen LogP) is 2.86. The van der Waals surface area contributed by atoms with Gasteiger partial charge < -0.3 is 9.64 Å². The first kappa shape index (κ1) is 19.0. The molecule has 2 aromatic carbocycles. The van der Waals surface area contributed by atoms with Crippen LogP contribution >= 0.6 is 0 Å². The Morgan fingerprint density at radius 1 is 1.16 bits per heavy atom. The molecule has 0 aliphatic heterocycles. The molecule has 5 nitrogen and oxygen atoms in total. The maximum absolute atomic E-state index is 12.5. The Bertz CT molecular complexity index is 844. The molecule has 0 unspecified atom stereocenters. The molecular weight excluding hydrogens is 338 g/mol. The zero-order valence-electron chi connectivity index (χ0n) is 14.9. The lowest BCUT2D eigenvalue weighted by atomic mass is 10.1. The predicted molar refractivity (Wildman–Crippen MR) is 97.4 cm³/mol. The summed E-state index contributed by atoms with van der Waals surface area (Å²) in [6.07, 6.45) is 1.45. The third-order valence-corrected chi connectivity index (χ3v) is 5.38. The van der Waals surface area contributed by atoms with Crippen LogP contribution in [0, 0.1) is 0 Å². The van der Waals surface area contributed by atoms with E-state index in [1.54, 1.807) is 43.3 Å². The van der Waals surface area contributed by atoms with Gasteiger partial charge in [0.15, 0.2) is 9.84 Å². The van der Waals surface area contributed by atoms with E-state index in [-0.39, 0.29) is 23.3 Å². The van der Waals surface area contributed by atoms with Gasteiger partial charge in [-0.3, -0.25) is 4.79 Å². The minimum atomic E-state index is -3.22. The smallest absolute Gasteiger partial charge is 0.227 e. The zero-order valence-corrected chi connectivity index (χ0v) is 15.7. The second-order valence-corrected chi connectivity index (χ2v) is 8.07. The molecule has 0 aliphatic rings. The molecule has 0 saturated heterocycles. The summed E-state index contributed by atoms with van der Waals surface area (Å²) in [7, 11) is 0.119. The molecule has 0 fully saturated rings. The number of amides is 1. The van der Waals surface area contributed by atoms with E-state index < -0.39 is 9.84 Å². The number of carbonyl (C=O) groups is 1. The molecule has 0 saturated carbocycles. The molecule has 134 valence electrons. The normalized spacial score (nSPS) is 12.5. The first-order chi connectivity index (χ1) is 11.7. The maximum Gasteiger partial charge on any atom is 0.227 e. The number of nitrogens with zero attached hydrogens (tertiary/aromatic N) is 1. The van der Waals surface area contributed by atoms with Gasteiger partial charge in [0.2, 0.25) is 5.91 Å². The van der Waals surface area contributed by atoms with Gasteiger partial charge in [-0.15, -0.1) is 0 Å². The van der Waals surface area contributed by atoms with Crippen LogP contribution in [0.3, 0.4) is 0 Å². The molecule has 2 aromatic rings. The molecule has 6 heteroatoms. The van der Waals surface area contributed by atoms with E-state index >= 15 is 0 Å². The molecule has 0 spiro atoms. The largest absolute Gasteiger partial charge is 0.497 e. The number of carbonyl (C=O) groups excluding carboxylic acids is 1. The van der Waals surface area contributed by atoms with Crippen molar-refractivity contribution in [3.05, 3.63) is 59.7 Å². The van der Waals surface area contributed by atoms with Crippen molar-refractivity contribution in [2.75, 3.05) is 20.4 Å². The molecule has 2 rings (SSSR count). The van der Waals surface area contributed by atoms with Crippen LogP contribution in [0.15, 0.2) is 53.4 Å². The number of rotatable bonds is 6. The number of benzene rings is 2. The summed E-state index contributed by atoms with van der Waals surface area (Å²) in [6.45, 7) is 1.92. The van der Waals surface area contributed by atoms with E-state index in [9.17, 15) is 13.2 Å². The van der Waals surface area contributed by atoms with Gasteiger partial charge in [0.05, 0.1) is 24.5 Å². The van der Waals surface area contributed by atoms with E-state index in [0.29, 0.717) is 0 Å². The lowest BCUT2D eigenvalue weighted by molar-refractivity contribution is -0.131. The minimum absolute atomic E-state index is 0.0204. The first-order valence-electron chi connectivity index (χ1n) is 7.91.